The number of aliphatic imine (C=N–C) groups is 1. The van der Waals surface area contributed by atoms with Crippen LogP contribution in [0.1, 0.15) is 110 Å². The van der Waals surface area contributed by atoms with Crippen molar-refractivity contribution in [1.29, 1.82) is 0 Å². The van der Waals surface area contributed by atoms with Gasteiger partial charge in [-0.15, -0.1) is 12.4 Å². The van der Waals surface area contributed by atoms with E-state index < -0.39 is 0 Å². The zero-order chi connectivity index (χ0) is 18.0. The first-order valence-electron chi connectivity index (χ1n) is 11.3. The predicted octanol–water partition coefficient (Wildman–Crippen LogP) is 7.57. The number of nitrogens with zero attached hydrogens (tertiary/aromatic N) is 2. The topological polar surface area (TPSA) is 15.6 Å². The number of allylic oxidation sites excluding steroid dienone is 2. The van der Waals surface area contributed by atoms with E-state index >= 15 is 0 Å². The van der Waals surface area contributed by atoms with Crippen LogP contribution in [0.15, 0.2) is 17.1 Å². The Morgan fingerprint density at radius 2 is 1.31 bits per heavy atom. The summed E-state index contributed by atoms with van der Waals surface area (Å²) >= 11 is 0. The number of unbranched alkanes of at least 4 members (excludes halogenated alkanes) is 12. The van der Waals surface area contributed by atoms with Gasteiger partial charge in [0.2, 0.25) is 0 Å². The Balaban J connectivity index is 0.00000625. The van der Waals surface area contributed by atoms with Gasteiger partial charge in [0.25, 0.3) is 0 Å². The summed E-state index contributed by atoms with van der Waals surface area (Å²) in [5.41, 5.74) is 0. The van der Waals surface area contributed by atoms with Crippen LogP contribution in [0.5, 0.6) is 0 Å². The van der Waals surface area contributed by atoms with E-state index in [9.17, 15) is 0 Å². The van der Waals surface area contributed by atoms with Crippen molar-refractivity contribution in [2.45, 2.75) is 110 Å². The van der Waals surface area contributed by atoms with Crippen LogP contribution in [0.4, 0.5) is 0 Å². The molecule has 1 aliphatic heterocycles. The highest BCUT2D eigenvalue weighted by atomic mass is 35.5. The van der Waals surface area contributed by atoms with Gasteiger partial charge >= 0.3 is 0 Å². The highest BCUT2D eigenvalue weighted by Crippen LogP contribution is 2.13. The molecule has 0 amide bonds. The minimum absolute atomic E-state index is 0. The molecule has 1 aliphatic rings. The summed E-state index contributed by atoms with van der Waals surface area (Å²) in [7, 11) is 0. The number of rotatable bonds is 17. The van der Waals surface area contributed by atoms with Gasteiger partial charge in [0.05, 0.1) is 12.4 Å². The molecule has 0 saturated carbocycles. The quantitative estimate of drug-likeness (QED) is 0.186. The lowest BCUT2D eigenvalue weighted by Gasteiger charge is -2.17. The van der Waals surface area contributed by atoms with Gasteiger partial charge in [-0.25, -0.2) is 0 Å². The van der Waals surface area contributed by atoms with Crippen LogP contribution in [0.2, 0.25) is 0 Å². The standard InChI is InChI=1S/C23H44N2.ClH/c1-3-5-6-7-8-9-10-11-12-13-14-15-16-17-18-19-20-23-24-21-22-25(23)4-2;/h11-12H,3-10,13-22H2,1-2H3;1H/b12-11-;. The molecule has 3 heteroatoms. The van der Waals surface area contributed by atoms with Gasteiger partial charge in [-0.2, -0.15) is 0 Å². The number of hydrogen-bond acceptors (Lipinski definition) is 2. The van der Waals surface area contributed by atoms with Crippen molar-refractivity contribution in [3.63, 3.8) is 0 Å². The molecule has 0 spiro atoms. The van der Waals surface area contributed by atoms with E-state index in [1.165, 1.54) is 102 Å². The second kappa shape index (κ2) is 19.3. The van der Waals surface area contributed by atoms with E-state index in [-0.39, 0.29) is 12.4 Å². The maximum absolute atomic E-state index is 4.63. The van der Waals surface area contributed by atoms with Crippen molar-refractivity contribution in [3.05, 3.63) is 12.2 Å². The van der Waals surface area contributed by atoms with Gasteiger partial charge in [0.1, 0.15) is 0 Å². The fraction of sp³-hybridized carbons (Fsp3) is 0.870. The number of likely N-dealkylation sites (N-methyl/N-ethyl adjacent to an activating group) is 1. The summed E-state index contributed by atoms with van der Waals surface area (Å²) in [4.78, 5) is 7.07. The smallest absolute Gasteiger partial charge is 0.0990 e. The highest BCUT2D eigenvalue weighted by molar-refractivity contribution is 5.85. The molecule has 1 heterocycles. The van der Waals surface area contributed by atoms with Gasteiger partial charge < -0.3 is 4.90 Å². The third-order valence-electron chi connectivity index (χ3n) is 5.32. The van der Waals surface area contributed by atoms with Crippen LogP contribution in [0.3, 0.4) is 0 Å². The minimum Gasteiger partial charge on any atom is -0.359 e. The van der Waals surface area contributed by atoms with Crippen LogP contribution in [-0.2, 0) is 0 Å². The molecule has 0 radical (unpaired) electrons. The second-order valence-corrected chi connectivity index (χ2v) is 7.57. The summed E-state index contributed by atoms with van der Waals surface area (Å²) in [6.45, 7) is 7.83. The molecule has 154 valence electrons. The SMILES string of the molecule is CCCCCCCC/C=C\CCCCCCCCC1=NCCN1CC.Cl. The van der Waals surface area contributed by atoms with E-state index in [1.54, 1.807) is 0 Å². The van der Waals surface area contributed by atoms with E-state index in [0.717, 1.165) is 19.6 Å². The Morgan fingerprint density at radius 1 is 0.769 bits per heavy atom. The Labute approximate surface area is 170 Å². The number of hydrogen-bond donors (Lipinski definition) is 0. The van der Waals surface area contributed by atoms with Gasteiger partial charge in [-0.05, 0) is 39.0 Å². The molecule has 0 saturated heterocycles. The molecule has 0 aliphatic carbocycles. The summed E-state index contributed by atoms with van der Waals surface area (Å²) in [6, 6.07) is 0. The number of amidine groups is 1. The van der Waals surface area contributed by atoms with Crippen molar-refractivity contribution in [2.75, 3.05) is 19.6 Å². The van der Waals surface area contributed by atoms with Crippen LogP contribution < -0.4 is 0 Å². The third-order valence-corrected chi connectivity index (χ3v) is 5.32. The summed E-state index contributed by atoms with van der Waals surface area (Å²) in [6.07, 6.45) is 25.4. The zero-order valence-electron chi connectivity index (χ0n) is 17.7. The van der Waals surface area contributed by atoms with E-state index in [4.69, 9.17) is 0 Å². The second-order valence-electron chi connectivity index (χ2n) is 7.57. The lowest BCUT2D eigenvalue weighted by Crippen LogP contribution is -2.27. The van der Waals surface area contributed by atoms with Crippen molar-refractivity contribution < 1.29 is 0 Å². The highest BCUT2D eigenvalue weighted by Gasteiger charge is 2.13. The molecule has 0 atom stereocenters. The van der Waals surface area contributed by atoms with Gasteiger partial charge in [0.15, 0.2) is 0 Å². The van der Waals surface area contributed by atoms with Crippen molar-refractivity contribution >= 4 is 18.2 Å². The lowest BCUT2D eigenvalue weighted by atomic mass is 10.1. The summed E-state index contributed by atoms with van der Waals surface area (Å²) in [5.74, 6) is 1.37. The predicted molar refractivity (Wildman–Crippen MR) is 121 cm³/mol. The molecule has 0 aromatic heterocycles. The summed E-state index contributed by atoms with van der Waals surface area (Å²) in [5, 5.41) is 0. The van der Waals surface area contributed by atoms with Gasteiger partial charge in [-0.1, -0.05) is 76.9 Å². The van der Waals surface area contributed by atoms with E-state index in [0.29, 0.717) is 0 Å². The molecule has 0 fully saturated rings. The first-order valence-corrected chi connectivity index (χ1v) is 11.3. The maximum Gasteiger partial charge on any atom is 0.0990 e. The van der Waals surface area contributed by atoms with Crippen LogP contribution >= 0.6 is 12.4 Å². The first kappa shape index (κ1) is 25.5. The molecular formula is C23H45ClN2. The molecule has 0 N–H and O–H groups in total. The van der Waals surface area contributed by atoms with Crippen LogP contribution in [0.25, 0.3) is 0 Å². The number of halogens is 1. The van der Waals surface area contributed by atoms with Crippen molar-refractivity contribution in [2.24, 2.45) is 4.99 Å². The Hall–Kier alpha value is -0.500. The molecular weight excluding hydrogens is 340 g/mol. The van der Waals surface area contributed by atoms with E-state index in [2.05, 4.69) is 35.9 Å². The molecule has 0 bridgehead atoms. The summed E-state index contributed by atoms with van der Waals surface area (Å²) < 4.78 is 0. The Kier molecular flexibility index (Phi) is 18.9. The van der Waals surface area contributed by atoms with Crippen molar-refractivity contribution in [1.82, 2.24) is 4.90 Å². The average molecular weight is 385 g/mol. The molecule has 0 aromatic rings. The van der Waals surface area contributed by atoms with Gasteiger partial charge in [-0.3, -0.25) is 4.99 Å². The van der Waals surface area contributed by atoms with Crippen LogP contribution in [-0.4, -0.2) is 30.4 Å². The van der Waals surface area contributed by atoms with Crippen molar-refractivity contribution in [3.8, 4) is 0 Å². The molecule has 0 unspecified atom stereocenters. The fourth-order valence-corrected chi connectivity index (χ4v) is 3.64. The minimum atomic E-state index is 0. The molecule has 1 rings (SSSR count). The normalized spacial score (nSPS) is 14.1. The largest absolute Gasteiger partial charge is 0.359 e. The van der Waals surface area contributed by atoms with Gasteiger partial charge in [0, 0.05) is 19.5 Å². The Morgan fingerprint density at radius 3 is 1.88 bits per heavy atom. The molecule has 2 nitrogen and oxygen atoms in total. The molecule has 0 aromatic carbocycles. The monoisotopic (exact) mass is 384 g/mol. The zero-order valence-corrected chi connectivity index (χ0v) is 18.5. The lowest BCUT2D eigenvalue weighted by molar-refractivity contribution is 0.470. The third kappa shape index (κ3) is 13.7. The Bertz CT molecular complexity index is 352. The molecule has 26 heavy (non-hydrogen) atoms. The van der Waals surface area contributed by atoms with E-state index in [1.807, 2.05) is 0 Å². The fourth-order valence-electron chi connectivity index (χ4n) is 3.64. The average Bonchev–Trinajstić information content (AvgIpc) is 3.09. The first-order chi connectivity index (χ1) is 12.4. The van der Waals surface area contributed by atoms with Crippen LogP contribution in [0, 0.1) is 0 Å². The maximum atomic E-state index is 4.63.